The second-order valence-electron chi connectivity index (χ2n) is 5.77. The Bertz CT molecular complexity index is 312. The number of unbranched alkanes of at least 4 members (excludes halogenated alkanes) is 1. The fourth-order valence-electron chi connectivity index (χ4n) is 2.71. The average molecular weight is 323 g/mol. The second-order valence-corrected chi connectivity index (χ2v) is 8.56. The summed E-state index contributed by atoms with van der Waals surface area (Å²) >= 11 is 0. The lowest BCUT2D eigenvalue weighted by molar-refractivity contribution is -0.123. The number of carbonyl (C=O) groups excluding carboxylic acids is 1. The number of rotatable bonds is 6. The molecule has 2 fully saturated rings. The molecule has 2 rings (SSSR count). The Morgan fingerprint density at radius 1 is 1.20 bits per heavy atom. The number of hydrogen-bond acceptors (Lipinski definition) is 3. The van der Waals surface area contributed by atoms with Crippen LogP contribution < -0.4 is 5.32 Å². The van der Waals surface area contributed by atoms with Crippen LogP contribution in [0.25, 0.3) is 0 Å². The number of nitrogens with one attached hydrogen (secondary N) is 1. The van der Waals surface area contributed by atoms with Crippen LogP contribution in [0.2, 0.25) is 0 Å². The molecule has 0 aromatic rings. The first-order valence-corrected chi connectivity index (χ1v) is 9.89. The summed E-state index contributed by atoms with van der Waals surface area (Å²) in [5.74, 6) is -1.23. The number of hydrogen-bond donors (Lipinski definition) is 1. The van der Waals surface area contributed by atoms with Crippen LogP contribution in [0.4, 0.5) is 8.78 Å². The molecule has 1 heterocycles. The number of carbonyl (C=O) groups is 1. The Morgan fingerprint density at radius 3 is 2.60 bits per heavy atom. The third-order valence-electron chi connectivity index (χ3n) is 3.99. The summed E-state index contributed by atoms with van der Waals surface area (Å²) in [6.07, 6.45) is 5.67. The van der Waals surface area contributed by atoms with Crippen LogP contribution in [0.5, 0.6) is 0 Å². The number of amides is 1. The van der Waals surface area contributed by atoms with Crippen molar-refractivity contribution in [2.24, 2.45) is 0 Å². The topological polar surface area (TPSA) is 29.1 Å². The predicted molar refractivity (Wildman–Crippen MR) is 82.3 cm³/mol. The molecule has 20 heavy (non-hydrogen) atoms. The third-order valence-corrected chi connectivity index (χ3v) is 7.00. The van der Waals surface area contributed by atoms with Crippen molar-refractivity contribution in [2.75, 3.05) is 5.75 Å². The van der Waals surface area contributed by atoms with Gasteiger partial charge in [0.15, 0.2) is 0 Å². The monoisotopic (exact) mass is 323 g/mol. The summed E-state index contributed by atoms with van der Waals surface area (Å²) in [5.41, 5.74) is 0. The Morgan fingerprint density at radius 2 is 1.95 bits per heavy atom. The van der Waals surface area contributed by atoms with Crippen LogP contribution in [0.3, 0.4) is 0 Å². The minimum absolute atomic E-state index is 0.0358. The fourth-order valence-corrected chi connectivity index (χ4v) is 5.73. The molecule has 116 valence electrons. The number of halogens is 2. The molecule has 1 unspecified atom stereocenters. The summed E-state index contributed by atoms with van der Waals surface area (Å²) in [7, 11) is 3.92. The lowest BCUT2D eigenvalue weighted by atomic mass is 9.92. The molecule has 0 aromatic heterocycles. The van der Waals surface area contributed by atoms with E-state index in [-0.39, 0.29) is 24.8 Å². The molecule has 0 radical (unpaired) electrons. The molecule has 0 aromatic carbocycles. The zero-order chi connectivity index (χ0) is 14.4. The van der Waals surface area contributed by atoms with Gasteiger partial charge in [0.1, 0.15) is 0 Å². The van der Waals surface area contributed by atoms with E-state index in [1.165, 1.54) is 18.6 Å². The SMILES string of the molecule is O=C(CCCCC1CCSS1)NC1CCC(F)(F)CC1. The molecule has 1 aliphatic heterocycles. The summed E-state index contributed by atoms with van der Waals surface area (Å²) in [6.45, 7) is 0. The Balaban J connectivity index is 1.52. The minimum atomic E-state index is -2.52. The largest absolute Gasteiger partial charge is 0.353 e. The van der Waals surface area contributed by atoms with Crippen LogP contribution in [0.1, 0.15) is 57.8 Å². The molecule has 0 bridgehead atoms. The first-order chi connectivity index (χ1) is 9.55. The van der Waals surface area contributed by atoms with Crippen molar-refractivity contribution in [3.8, 4) is 0 Å². The molecule has 6 heteroatoms. The van der Waals surface area contributed by atoms with E-state index in [4.69, 9.17) is 0 Å². The van der Waals surface area contributed by atoms with Gasteiger partial charge in [-0.2, -0.15) is 0 Å². The highest BCUT2D eigenvalue weighted by Gasteiger charge is 2.35. The lowest BCUT2D eigenvalue weighted by Crippen LogP contribution is -2.40. The highest BCUT2D eigenvalue weighted by molar-refractivity contribution is 8.77. The van der Waals surface area contributed by atoms with Gasteiger partial charge in [-0.05, 0) is 32.1 Å². The average Bonchev–Trinajstić information content (AvgIpc) is 2.90. The Kier molecular flexibility index (Phi) is 6.46. The summed E-state index contributed by atoms with van der Waals surface area (Å²) in [5, 5.41) is 3.67. The normalized spacial score (nSPS) is 26.6. The second kappa shape index (κ2) is 7.87. The molecule has 2 nitrogen and oxygen atoms in total. The fraction of sp³-hybridized carbons (Fsp3) is 0.929. The molecule has 1 atom stereocenters. The van der Waals surface area contributed by atoms with E-state index in [9.17, 15) is 13.6 Å². The van der Waals surface area contributed by atoms with Gasteiger partial charge in [0.2, 0.25) is 11.8 Å². The van der Waals surface area contributed by atoms with E-state index in [0.717, 1.165) is 18.1 Å². The van der Waals surface area contributed by atoms with Crippen LogP contribution in [0, 0.1) is 0 Å². The van der Waals surface area contributed by atoms with E-state index < -0.39 is 5.92 Å². The van der Waals surface area contributed by atoms with Crippen molar-refractivity contribution < 1.29 is 13.6 Å². The van der Waals surface area contributed by atoms with E-state index in [1.807, 2.05) is 21.6 Å². The van der Waals surface area contributed by atoms with Crippen molar-refractivity contribution in [3.63, 3.8) is 0 Å². The van der Waals surface area contributed by atoms with Gasteiger partial charge in [0, 0.05) is 36.3 Å². The van der Waals surface area contributed by atoms with Crippen LogP contribution in [0.15, 0.2) is 0 Å². The maximum atomic E-state index is 13.0. The highest BCUT2D eigenvalue weighted by Crippen LogP contribution is 2.39. The van der Waals surface area contributed by atoms with E-state index >= 15 is 0 Å². The number of alkyl halides is 2. The molecule has 1 saturated carbocycles. The standard InChI is InChI=1S/C14H23F2NOS2/c15-14(16)8-5-11(6-9-14)17-13(18)4-2-1-3-12-7-10-19-20-12/h11-12H,1-10H2,(H,17,18). The smallest absolute Gasteiger partial charge is 0.248 e. The van der Waals surface area contributed by atoms with Gasteiger partial charge in [-0.25, -0.2) is 8.78 Å². The highest BCUT2D eigenvalue weighted by atomic mass is 33.1. The van der Waals surface area contributed by atoms with Crippen LogP contribution >= 0.6 is 21.6 Å². The van der Waals surface area contributed by atoms with Crippen molar-refractivity contribution in [3.05, 3.63) is 0 Å². The van der Waals surface area contributed by atoms with Gasteiger partial charge in [0.25, 0.3) is 0 Å². The maximum absolute atomic E-state index is 13.0. The van der Waals surface area contributed by atoms with Crippen molar-refractivity contribution in [1.82, 2.24) is 5.32 Å². The zero-order valence-electron chi connectivity index (χ0n) is 11.7. The van der Waals surface area contributed by atoms with Gasteiger partial charge >= 0.3 is 0 Å². The van der Waals surface area contributed by atoms with E-state index in [0.29, 0.717) is 19.3 Å². The molecule has 1 aliphatic carbocycles. The molecule has 1 N–H and O–H groups in total. The first kappa shape index (κ1) is 16.4. The molecular weight excluding hydrogens is 300 g/mol. The van der Waals surface area contributed by atoms with Gasteiger partial charge in [-0.3, -0.25) is 4.79 Å². The molecule has 1 amide bonds. The Labute approximate surface area is 127 Å². The van der Waals surface area contributed by atoms with Crippen molar-refractivity contribution >= 4 is 27.5 Å². The van der Waals surface area contributed by atoms with Crippen molar-refractivity contribution in [2.45, 2.75) is 75.0 Å². The van der Waals surface area contributed by atoms with E-state index in [2.05, 4.69) is 5.32 Å². The predicted octanol–water partition coefficient (Wildman–Crippen LogP) is 4.39. The summed E-state index contributed by atoms with van der Waals surface area (Å²) in [4.78, 5) is 11.8. The summed E-state index contributed by atoms with van der Waals surface area (Å²) in [6, 6.07) is -0.0380. The third kappa shape index (κ3) is 5.80. The molecule has 1 saturated heterocycles. The molecule has 0 spiro atoms. The zero-order valence-corrected chi connectivity index (χ0v) is 13.3. The maximum Gasteiger partial charge on any atom is 0.248 e. The van der Waals surface area contributed by atoms with Gasteiger partial charge in [0.05, 0.1) is 0 Å². The lowest BCUT2D eigenvalue weighted by Gasteiger charge is -2.28. The minimum Gasteiger partial charge on any atom is -0.353 e. The Hall–Kier alpha value is 0.0300. The van der Waals surface area contributed by atoms with Crippen molar-refractivity contribution in [1.29, 1.82) is 0 Å². The molecule has 2 aliphatic rings. The van der Waals surface area contributed by atoms with Gasteiger partial charge in [-0.1, -0.05) is 28.0 Å². The van der Waals surface area contributed by atoms with Gasteiger partial charge in [-0.15, -0.1) is 0 Å². The summed E-state index contributed by atoms with van der Waals surface area (Å²) < 4.78 is 26.0. The van der Waals surface area contributed by atoms with Gasteiger partial charge < -0.3 is 5.32 Å². The van der Waals surface area contributed by atoms with Crippen LogP contribution in [-0.4, -0.2) is 28.9 Å². The first-order valence-electron chi connectivity index (χ1n) is 7.51. The van der Waals surface area contributed by atoms with E-state index in [1.54, 1.807) is 0 Å². The molecular formula is C14H23F2NOS2. The quantitative estimate of drug-likeness (QED) is 0.580. The van der Waals surface area contributed by atoms with Crippen LogP contribution in [-0.2, 0) is 4.79 Å².